The van der Waals surface area contributed by atoms with E-state index in [0.717, 1.165) is 46.6 Å². The van der Waals surface area contributed by atoms with E-state index >= 15 is 0 Å². The number of aromatic nitrogens is 1. The Morgan fingerprint density at radius 1 is 0.717 bits per heavy atom. The van der Waals surface area contributed by atoms with E-state index in [1.807, 2.05) is 37.3 Å². The summed E-state index contributed by atoms with van der Waals surface area (Å²) in [5, 5.41) is 14.8. The Hall–Kier alpha value is -5.56. The molecule has 0 fully saturated rings. The van der Waals surface area contributed by atoms with Crippen molar-refractivity contribution in [2.45, 2.75) is 58.5 Å². The summed E-state index contributed by atoms with van der Waals surface area (Å²) in [5.41, 5.74) is 4.60. The number of nitrogens with one attached hydrogen (secondary N) is 3. The SMILES string of the molecule is CC1CC(=O)N(CCCCCNC(=O)CCOCCOCCOCCOCCNC(=O)CCN2C(=O)C=CC2=O)N=C1c1ccc(NC(=O)N2Cc3ccncc3C2)cc1. The number of urea groups is 1. The summed E-state index contributed by atoms with van der Waals surface area (Å²) >= 11 is 0. The second-order valence-electron chi connectivity index (χ2n) is 14.5. The third kappa shape index (κ3) is 14.9. The molecule has 324 valence electrons. The number of carbonyl (C=O) groups is 6. The van der Waals surface area contributed by atoms with Gasteiger partial charge in [0.15, 0.2) is 0 Å². The minimum atomic E-state index is -0.409. The first kappa shape index (κ1) is 45.5. The highest BCUT2D eigenvalue weighted by molar-refractivity contribution is 6.13. The highest BCUT2D eigenvalue weighted by Gasteiger charge is 2.28. The Bertz CT molecular complexity index is 1800. The molecule has 1 aromatic carbocycles. The Morgan fingerprint density at radius 3 is 2.05 bits per heavy atom. The fraction of sp³-hybridized carbons (Fsp3) is 0.524. The van der Waals surface area contributed by atoms with E-state index in [1.54, 1.807) is 22.3 Å². The smallest absolute Gasteiger partial charge is 0.322 e. The van der Waals surface area contributed by atoms with Crippen molar-refractivity contribution in [2.24, 2.45) is 11.0 Å². The number of fused-ring (bicyclic) bond motifs is 1. The molecule has 1 aromatic heterocycles. The second kappa shape index (κ2) is 24.5. The largest absolute Gasteiger partial charge is 0.379 e. The molecule has 18 nitrogen and oxygen atoms in total. The minimum absolute atomic E-state index is 0.00567. The molecule has 0 radical (unpaired) electrons. The van der Waals surface area contributed by atoms with Crippen LogP contribution in [0.4, 0.5) is 10.5 Å². The van der Waals surface area contributed by atoms with Crippen LogP contribution in [0.15, 0.2) is 60.0 Å². The molecule has 3 aliphatic rings. The molecule has 0 aliphatic carbocycles. The van der Waals surface area contributed by atoms with E-state index in [1.165, 1.54) is 12.2 Å². The van der Waals surface area contributed by atoms with E-state index < -0.39 is 11.8 Å². The lowest BCUT2D eigenvalue weighted by Gasteiger charge is -2.28. The van der Waals surface area contributed by atoms with E-state index in [2.05, 4.69) is 20.9 Å². The van der Waals surface area contributed by atoms with E-state index in [0.29, 0.717) is 91.1 Å². The molecule has 0 bridgehead atoms. The number of rotatable bonds is 26. The standard InChI is InChI=1S/C42H56N8O10/c1-31-27-40(55)50(47-41(31)32-5-7-35(8-6-32)46-42(56)48-29-33-11-15-43-28-34(33)30-48)17-4-2-3-14-44-37(52)13-19-57-21-23-59-25-26-60-24-22-58-20-16-45-36(51)12-18-49-38(53)9-10-39(49)54/h5-11,15,28,31H,2-4,12-14,16-27,29-30H2,1H3,(H,44,52)(H,45,51)(H,46,56). The van der Waals surface area contributed by atoms with Gasteiger partial charge >= 0.3 is 6.03 Å². The van der Waals surface area contributed by atoms with Gasteiger partial charge in [-0.1, -0.05) is 19.1 Å². The Morgan fingerprint density at radius 2 is 1.35 bits per heavy atom. The molecule has 7 amide bonds. The summed E-state index contributed by atoms with van der Waals surface area (Å²) in [4.78, 5) is 79.6. The summed E-state index contributed by atoms with van der Waals surface area (Å²) in [5.74, 6) is -1.21. The number of hydrogen-bond donors (Lipinski definition) is 3. The third-order valence-electron chi connectivity index (χ3n) is 9.90. The van der Waals surface area contributed by atoms with Crippen molar-refractivity contribution in [1.29, 1.82) is 0 Å². The van der Waals surface area contributed by atoms with Crippen LogP contribution in [0.3, 0.4) is 0 Å². The van der Waals surface area contributed by atoms with Crippen molar-refractivity contribution in [3.8, 4) is 0 Å². The average molecular weight is 833 g/mol. The number of pyridine rings is 1. The average Bonchev–Trinajstić information content (AvgIpc) is 3.82. The topological polar surface area (TPSA) is 210 Å². The Balaban J connectivity index is 0.811. The maximum atomic E-state index is 12.9. The molecule has 0 saturated heterocycles. The zero-order valence-corrected chi connectivity index (χ0v) is 34.2. The van der Waals surface area contributed by atoms with Gasteiger partial charge in [-0.3, -0.25) is 33.9 Å². The minimum Gasteiger partial charge on any atom is -0.379 e. The van der Waals surface area contributed by atoms with E-state index in [-0.39, 0.29) is 55.7 Å². The Labute approximate surface area is 350 Å². The van der Waals surface area contributed by atoms with Gasteiger partial charge in [0.05, 0.1) is 58.6 Å². The number of hydrazone groups is 1. The summed E-state index contributed by atoms with van der Waals surface area (Å²) in [7, 11) is 0. The Kier molecular flexibility index (Phi) is 18.6. The monoisotopic (exact) mass is 832 g/mol. The van der Waals surface area contributed by atoms with Crippen molar-refractivity contribution >= 4 is 47.0 Å². The van der Waals surface area contributed by atoms with Crippen molar-refractivity contribution in [2.75, 3.05) is 84.4 Å². The first-order chi connectivity index (χ1) is 29.2. The molecule has 3 N–H and O–H groups in total. The maximum Gasteiger partial charge on any atom is 0.322 e. The normalized spacial score (nSPS) is 16.0. The number of carbonyl (C=O) groups excluding carboxylic acids is 6. The lowest BCUT2D eigenvalue weighted by atomic mass is 9.93. The van der Waals surface area contributed by atoms with Crippen molar-refractivity contribution in [3.05, 3.63) is 71.6 Å². The second-order valence-corrected chi connectivity index (χ2v) is 14.5. The number of hydrogen-bond acceptors (Lipinski definition) is 12. The van der Waals surface area contributed by atoms with E-state index in [4.69, 9.17) is 24.0 Å². The number of amides is 7. The molecule has 4 heterocycles. The predicted molar refractivity (Wildman–Crippen MR) is 219 cm³/mol. The first-order valence-corrected chi connectivity index (χ1v) is 20.5. The number of ether oxygens (including phenoxy) is 4. The summed E-state index contributed by atoms with van der Waals surface area (Å²) in [6.45, 7) is 7.31. The molecule has 18 heteroatoms. The van der Waals surface area contributed by atoms with Crippen molar-refractivity contribution in [3.63, 3.8) is 0 Å². The van der Waals surface area contributed by atoms with Gasteiger partial charge < -0.3 is 39.8 Å². The summed E-state index contributed by atoms with van der Waals surface area (Å²) in [6, 6.07) is 9.33. The van der Waals surface area contributed by atoms with Crippen LogP contribution in [-0.4, -0.2) is 140 Å². The molecular weight excluding hydrogens is 777 g/mol. The van der Waals surface area contributed by atoms with Crippen LogP contribution in [0, 0.1) is 5.92 Å². The van der Waals surface area contributed by atoms with Gasteiger partial charge in [0.2, 0.25) is 17.7 Å². The highest BCUT2D eigenvalue weighted by Crippen LogP contribution is 2.24. The van der Waals surface area contributed by atoms with Crippen LogP contribution in [0.5, 0.6) is 0 Å². The molecule has 1 unspecified atom stereocenters. The molecule has 0 saturated carbocycles. The quantitative estimate of drug-likeness (QED) is 0.0926. The van der Waals surface area contributed by atoms with Gasteiger partial charge in [0.1, 0.15) is 0 Å². The van der Waals surface area contributed by atoms with Crippen LogP contribution in [0.1, 0.15) is 62.1 Å². The summed E-state index contributed by atoms with van der Waals surface area (Å²) in [6.07, 6.45) is 8.94. The lowest BCUT2D eigenvalue weighted by Crippen LogP contribution is -2.37. The van der Waals surface area contributed by atoms with Crippen molar-refractivity contribution in [1.82, 2.24) is 30.4 Å². The van der Waals surface area contributed by atoms with Crippen LogP contribution >= 0.6 is 0 Å². The fourth-order valence-corrected chi connectivity index (χ4v) is 6.58. The number of benzene rings is 1. The fourth-order valence-electron chi connectivity index (χ4n) is 6.58. The molecule has 1 atom stereocenters. The molecule has 2 aromatic rings. The van der Waals surface area contributed by atoms with Gasteiger partial charge in [-0.25, -0.2) is 9.80 Å². The molecule has 5 rings (SSSR count). The number of nitrogens with zero attached hydrogens (tertiary/aromatic N) is 5. The maximum absolute atomic E-state index is 12.9. The summed E-state index contributed by atoms with van der Waals surface area (Å²) < 4.78 is 21.8. The van der Waals surface area contributed by atoms with Crippen LogP contribution in [0.25, 0.3) is 0 Å². The lowest BCUT2D eigenvalue weighted by molar-refractivity contribution is -0.137. The van der Waals surface area contributed by atoms with Gasteiger partial charge in [-0.15, -0.1) is 0 Å². The number of imide groups is 1. The van der Waals surface area contributed by atoms with Crippen LogP contribution in [-0.2, 0) is 56.0 Å². The van der Waals surface area contributed by atoms with Crippen molar-refractivity contribution < 1.29 is 47.7 Å². The third-order valence-corrected chi connectivity index (χ3v) is 9.90. The van der Waals surface area contributed by atoms with Gasteiger partial charge in [-0.05, 0) is 54.2 Å². The van der Waals surface area contributed by atoms with Crippen LogP contribution < -0.4 is 16.0 Å². The van der Waals surface area contributed by atoms with Crippen LogP contribution in [0.2, 0.25) is 0 Å². The van der Waals surface area contributed by atoms with Gasteiger partial charge in [0, 0.05) is 94.7 Å². The first-order valence-electron chi connectivity index (χ1n) is 20.5. The predicted octanol–water partition coefficient (Wildman–Crippen LogP) is 2.38. The molecule has 0 spiro atoms. The van der Waals surface area contributed by atoms with Gasteiger partial charge in [-0.2, -0.15) is 5.10 Å². The molecule has 60 heavy (non-hydrogen) atoms. The molecule has 3 aliphatic heterocycles. The van der Waals surface area contributed by atoms with E-state index in [9.17, 15) is 28.8 Å². The highest BCUT2D eigenvalue weighted by atomic mass is 16.6. The van der Waals surface area contributed by atoms with Gasteiger partial charge in [0.25, 0.3) is 11.8 Å². The number of unbranched alkanes of at least 4 members (excludes halogenated alkanes) is 2. The number of anilines is 1. The zero-order chi connectivity index (χ0) is 42.5. The molecular formula is C42H56N8O10. The zero-order valence-electron chi connectivity index (χ0n) is 34.2.